The van der Waals surface area contributed by atoms with Gasteiger partial charge in [-0.1, -0.05) is 66.2 Å². The van der Waals surface area contributed by atoms with Crippen LogP contribution in [0.4, 0.5) is 0 Å². The van der Waals surface area contributed by atoms with Gasteiger partial charge in [0.2, 0.25) is 10.0 Å². The zero-order chi connectivity index (χ0) is 22.5. The number of rotatable bonds is 6. The second kappa shape index (κ2) is 7.84. The first-order valence-electron chi connectivity index (χ1n) is 11.2. The highest BCUT2D eigenvalue weighted by Gasteiger charge is 2.48. The Morgan fingerprint density at radius 2 is 1.53 bits per heavy atom. The lowest BCUT2D eigenvalue weighted by atomic mass is 9.53. The third kappa shape index (κ3) is 3.31. The van der Waals surface area contributed by atoms with Gasteiger partial charge in [0.05, 0.1) is 11.0 Å². The van der Waals surface area contributed by atoms with E-state index in [4.69, 9.17) is 0 Å². The number of nitrogens with zero attached hydrogens (tertiary/aromatic N) is 1. The van der Waals surface area contributed by atoms with E-state index >= 15 is 0 Å². The zero-order valence-electron chi connectivity index (χ0n) is 18.5. The summed E-state index contributed by atoms with van der Waals surface area (Å²) in [5.41, 5.74) is 6.01. The number of benzene rings is 3. The van der Waals surface area contributed by atoms with Crippen molar-refractivity contribution in [3.05, 3.63) is 101 Å². The Labute approximate surface area is 190 Å². The van der Waals surface area contributed by atoms with Gasteiger partial charge in [0.15, 0.2) is 0 Å². The summed E-state index contributed by atoms with van der Waals surface area (Å²) in [6, 6.07) is 24.0. The minimum atomic E-state index is -3.66. The van der Waals surface area contributed by atoms with Crippen molar-refractivity contribution in [3.63, 3.8) is 0 Å². The largest absolute Gasteiger partial charge is 0.392 e. The number of likely N-dealkylation sites (N-methyl/N-ethyl adjacent to an activating group) is 1. The van der Waals surface area contributed by atoms with Crippen molar-refractivity contribution < 1.29 is 13.5 Å². The molecule has 1 unspecified atom stereocenters. The van der Waals surface area contributed by atoms with E-state index < -0.39 is 16.1 Å². The van der Waals surface area contributed by atoms with Crippen LogP contribution in [0.1, 0.15) is 53.0 Å². The Kier molecular flexibility index (Phi) is 5.24. The molecule has 0 saturated carbocycles. The maximum absolute atomic E-state index is 13.0. The predicted octanol–water partition coefficient (Wildman–Crippen LogP) is 4.59. The van der Waals surface area contributed by atoms with Crippen LogP contribution in [0.25, 0.3) is 0 Å². The van der Waals surface area contributed by atoms with Gasteiger partial charge in [0.25, 0.3) is 0 Å². The topological polar surface area (TPSA) is 57.6 Å². The van der Waals surface area contributed by atoms with E-state index in [1.165, 1.54) is 26.6 Å². The molecule has 0 aromatic heterocycles. The van der Waals surface area contributed by atoms with Crippen molar-refractivity contribution in [1.82, 2.24) is 4.31 Å². The third-order valence-electron chi connectivity index (χ3n) is 7.34. The molecule has 1 N–H and O–H groups in total. The van der Waals surface area contributed by atoms with E-state index in [2.05, 4.69) is 48.5 Å². The third-order valence-corrected chi connectivity index (χ3v) is 9.18. The second-order valence-electron chi connectivity index (χ2n) is 9.30. The lowest BCUT2D eigenvalue weighted by molar-refractivity contribution is 0.113. The molecule has 0 amide bonds. The van der Waals surface area contributed by atoms with Crippen molar-refractivity contribution in [2.24, 2.45) is 0 Å². The molecule has 3 aromatic rings. The van der Waals surface area contributed by atoms with Crippen molar-refractivity contribution in [2.75, 3.05) is 13.6 Å². The summed E-state index contributed by atoms with van der Waals surface area (Å²) in [6.45, 7) is 1.99. The van der Waals surface area contributed by atoms with Gasteiger partial charge in [-0.15, -0.1) is 0 Å². The van der Waals surface area contributed by atoms with Gasteiger partial charge in [0.1, 0.15) is 0 Å². The first kappa shape index (κ1) is 21.4. The second-order valence-corrected chi connectivity index (χ2v) is 11.3. The van der Waals surface area contributed by atoms with E-state index in [0.717, 1.165) is 18.4 Å². The summed E-state index contributed by atoms with van der Waals surface area (Å²) < 4.78 is 27.4. The molecule has 0 spiro atoms. The Morgan fingerprint density at radius 3 is 2.12 bits per heavy atom. The summed E-state index contributed by atoms with van der Waals surface area (Å²) in [5.74, 6) is 0.408. The smallest absolute Gasteiger partial charge is 0.242 e. The highest BCUT2D eigenvalue weighted by Crippen LogP contribution is 2.58. The molecule has 0 fully saturated rings. The van der Waals surface area contributed by atoms with Gasteiger partial charge in [-0.2, -0.15) is 4.31 Å². The highest BCUT2D eigenvalue weighted by molar-refractivity contribution is 7.89. The molecule has 2 bridgehead atoms. The Bertz CT molecular complexity index is 1200. The van der Waals surface area contributed by atoms with Crippen LogP contribution >= 0.6 is 0 Å². The average Bonchev–Trinajstić information content (AvgIpc) is 2.80. The maximum atomic E-state index is 13.0. The van der Waals surface area contributed by atoms with Crippen molar-refractivity contribution in [1.29, 1.82) is 0 Å². The molecule has 4 nitrogen and oxygen atoms in total. The summed E-state index contributed by atoms with van der Waals surface area (Å²) in [6.07, 6.45) is 1.74. The molecule has 0 saturated heterocycles. The Balaban J connectivity index is 1.45. The number of fused-ring (bicyclic) bond motifs is 1. The minimum Gasteiger partial charge on any atom is -0.392 e. The average molecular weight is 448 g/mol. The van der Waals surface area contributed by atoms with E-state index in [1.807, 2.05) is 6.92 Å². The number of aryl methyl sites for hydroxylation is 1. The summed E-state index contributed by atoms with van der Waals surface area (Å²) in [5, 5.41) is 11.2. The zero-order valence-corrected chi connectivity index (χ0v) is 19.3. The fourth-order valence-corrected chi connectivity index (χ4v) is 7.04. The Morgan fingerprint density at radius 1 is 0.969 bits per heavy atom. The first-order chi connectivity index (χ1) is 15.3. The molecule has 6 rings (SSSR count). The summed E-state index contributed by atoms with van der Waals surface area (Å²) in [7, 11) is -2.10. The lowest BCUT2D eigenvalue weighted by Crippen LogP contribution is -2.45. The monoisotopic (exact) mass is 447 g/mol. The lowest BCUT2D eigenvalue weighted by Gasteiger charge is -2.50. The van der Waals surface area contributed by atoms with Crippen LogP contribution in [0, 0.1) is 6.92 Å². The van der Waals surface area contributed by atoms with E-state index in [9.17, 15) is 13.5 Å². The molecule has 1 atom stereocenters. The van der Waals surface area contributed by atoms with Gasteiger partial charge < -0.3 is 5.11 Å². The predicted molar refractivity (Wildman–Crippen MR) is 126 cm³/mol. The molecular formula is C27H29NO3S. The van der Waals surface area contributed by atoms with Crippen LogP contribution in [0.5, 0.6) is 0 Å². The molecule has 166 valence electrons. The van der Waals surface area contributed by atoms with Crippen LogP contribution < -0.4 is 0 Å². The van der Waals surface area contributed by atoms with Gasteiger partial charge in [0, 0.05) is 24.9 Å². The molecule has 3 aromatic carbocycles. The van der Waals surface area contributed by atoms with E-state index in [0.29, 0.717) is 12.3 Å². The standard InChI is InChI=1S/C27H29NO3S/c1-19-11-13-21(14-12-19)32(30,31)28(2)18-20(29)17-27-16-15-22(23-7-3-5-9-25(23)27)24-8-4-6-10-26(24)27/h3-14,20,22,29H,15-18H2,1-2H3. The molecule has 3 aliphatic carbocycles. The number of hydrogen-bond acceptors (Lipinski definition) is 3. The van der Waals surface area contributed by atoms with Crippen LogP contribution in [0.2, 0.25) is 0 Å². The van der Waals surface area contributed by atoms with Crippen molar-refractivity contribution in [2.45, 2.75) is 48.5 Å². The molecule has 0 heterocycles. The SMILES string of the molecule is Cc1ccc(S(=O)(=O)N(C)CC(O)CC23CCC(c4ccccc42)c2ccccc23)cc1. The fraction of sp³-hybridized carbons (Fsp3) is 0.333. The van der Waals surface area contributed by atoms with Gasteiger partial charge in [-0.05, 0) is 60.6 Å². The maximum Gasteiger partial charge on any atom is 0.242 e. The van der Waals surface area contributed by atoms with Gasteiger partial charge in [-0.3, -0.25) is 0 Å². The molecule has 0 radical (unpaired) electrons. The molecule has 0 aliphatic heterocycles. The summed E-state index contributed by atoms with van der Waals surface area (Å²) in [4.78, 5) is 0.254. The highest BCUT2D eigenvalue weighted by atomic mass is 32.2. The molecule has 32 heavy (non-hydrogen) atoms. The van der Waals surface area contributed by atoms with Gasteiger partial charge in [-0.25, -0.2) is 8.42 Å². The normalized spacial score (nSPS) is 22.4. The fourth-order valence-electron chi connectivity index (χ4n) is 5.83. The van der Waals surface area contributed by atoms with E-state index in [1.54, 1.807) is 31.3 Å². The number of sulfonamides is 1. The first-order valence-corrected chi connectivity index (χ1v) is 12.7. The van der Waals surface area contributed by atoms with Crippen LogP contribution in [-0.2, 0) is 15.4 Å². The van der Waals surface area contributed by atoms with Crippen LogP contribution in [-0.4, -0.2) is 37.5 Å². The Hall–Kier alpha value is -2.47. The van der Waals surface area contributed by atoms with Crippen LogP contribution in [0.3, 0.4) is 0 Å². The quantitative estimate of drug-likeness (QED) is 0.601. The van der Waals surface area contributed by atoms with Crippen LogP contribution in [0.15, 0.2) is 77.7 Å². The molecular weight excluding hydrogens is 418 g/mol. The van der Waals surface area contributed by atoms with Crippen molar-refractivity contribution >= 4 is 10.0 Å². The number of hydrogen-bond donors (Lipinski definition) is 1. The van der Waals surface area contributed by atoms with E-state index in [-0.39, 0.29) is 16.9 Å². The van der Waals surface area contributed by atoms with Gasteiger partial charge >= 0.3 is 0 Å². The number of aliphatic hydroxyl groups excluding tert-OH is 1. The summed E-state index contributed by atoms with van der Waals surface area (Å²) >= 11 is 0. The number of aliphatic hydroxyl groups is 1. The van der Waals surface area contributed by atoms with Crippen molar-refractivity contribution in [3.8, 4) is 0 Å². The minimum absolute atomic E-state index is 0.0612. The molecule has 3 aliphatic rings. The molecule has 5 heteroatoms.